The van der Waals surface area contributed by atoms with Crippen molar-refractivity contribution in [2.24, 2.45) is 0 Å². The number of hydrogen-bond donors (Lipinski definition) is 6. The third-order valence-electron chi connectivity index (χ3n) is 3.96. The molecule has 0 spiro atoms. The Hall–Kier alpha value is -1.97. The second kappa shape index (κ2) is 6.26. The van der Waals surface area contributed by atoms with Crippen molar-refractivity contribution in [2.75, 3.05) is 11.9 Å². The van der Waals surface area contributed by atoms with E-state index in [2.05, 4.69) is 10.3 Å². The summed E-state index contributed by atoms with van der Waals surface area (Å²) in [5.41, 5.74) is 0.884. The molecule has 1 aliphatic heterocycles. The van der Waals surface area contributed by atoms with Gasteiger partial charge in [0.25, 0.3) is 0 Å². The molecule has 6 N–H and O–H groups in total. The molecule has 1 aromatic heterocycles. The molecule has 2 aromatic rings. The Bertz CT molecular complexity index is 748. The van der Waals surface area contributed by atoms with E-state index in [9.17, 15) is 20.1 Å². The summed E-state index contributed by atoms with van der Waals surface area (Å²) in [5, 5.41) is 42.7. The molecule has 1 fully saturated rings. The summed E-state index contributed by atoms with van der Waals surface area (Å²) in [6.45, 7) is -0.515. The number of anilines is 1. The second-order valence-corrected chi connectivity index (χ2v) is 5.52. The predicted molar refractivity (Wildman–Crippen MR) is 82.0 cm³/mol. The number of pyridine rings is 1. The van der Waals surface area contributed by atoms with E-state index in [4.69, 9.17) is 9.84 Å². The number of aliphatic hydroxyl groups excluding tert-OH is 4. The fourth-order valence-corrected chi connectivity index (χ4v) is 2.68. The van der Waals surface area contributed by atoms with Gasteiger partial charge in [-0.2, -0.15) is 0 Å². The number of aromatic amines is 1. The largest absolute Gasteiger partial charge is 0.394 e. The summed E-state index contributed by atoms with van der Waals surface area (Å²) in [6, 6.07) is 7.25. The van der Waals surface area contributed by atoms with Crippen molar-refractivity contribution in [2.45, 2.75) is 30.6 Å². The minimum Gasteiger partial charge on any atom is -0.394 e. The molecular weight excluding hydrogens is 304 g/mol. The average Bonchev–Trinajstić information content (AvgIpc) is 2.54. The van der Waals surface area contributed by atoms with Crippen LogP contribution in [0.3, 0.4) is 0 Å². The first-order valence-corrected chi connectivity index (χ1v) is 7.20. The Balaban J connectivity index is 1.84. The highest BCUT2D eigenvalue weighted by Crippen LogP contribution is 2.24. The normalized spacial score (nSPS) is 31.2. The van der Waals surface area contributed by atoms with Crippen LogP contribution in [0.15, 0.2) is 35.1 Å². The van der Waals surface area contributed by atoms with Crippen LogP contribution in [0.4, 0.5) is 5.69 Å². The van der Waals surface area contributed by atoms with Gasteiger partial charge in [-0.15, -0.1) is 0 Å². The summed E-state index contributed by atoms with van der Waals surface area (Å²) in [5.74, 6) is 0. The minimum absolute atomic E-state index is 0.239. The second-order valence-electron chi connectivity index (χ2n) is 5.52. The highest BCUT2D eigenvalue weighted by molar-refractivity contribution is 5.81. The lowest BCUT2D eigenvalue weighted by atomic mass is 9.97. The standard InChI is InChI=1S/C15H18N2O6/c18-6-10-13(20)14(21)12(15(22)23-10)16-8-3-1-7-2-4-11(19)17-9(7)5-8/h1-5,10,12-16,18,20-22H,6H2,(H,17,19)/t10?,12?,13-,14-,15?/m1/s1. The van der Waals surface area contributed by atoms with Gasteiger partial charge in [0.2, 0.25) is 5.56 Å². The molecule has 2 heterocycles. The third kappa shape index (κ3) is 3.07. The van der Waals surface area contributed by atoms with Gasteiger partial charge in [-0.3, -0.25) is 4.79 Å². The van der Waals surface area contributed by atoms with Crippen molar-refractivity contribution >= 4 is 16.6 Å². The number of fused-ring (bicyclic) bond motifs is 1. The molecule has 0 bridgehead atoms. The molecule has 8 heteroatoms. The van der Waals surface area contributed by atoms with E-state index >= 15 is 0 Å². The van der Waals surface area contributed by atoms with Gasteiger partial charge in [0.05, 0.1) is 12.1 Å². The highest BCUT2D eigenvalue weighted by atomic mass is 16.6. The van der Waals surface area contributed by atoms with Crippen molar-refractivity contribution in [3.63, 3.8) is 0 Å². The zero-order valence-electron chi connectivity index (χ0n) is 12.1. The van der Waals surface area contributed by atoms with Gasteiger partial charge < -0.3 is 35.5 Å². The lowest BCUT2D eigenvalue weighted by molar-refractivity contribution is -0.245. The topological polar surface area (TPSA) is 135 Å². The first kappa shape index (κ1) is 15.9. The highest BCUT2D eigenvalue weighted by Gasteiger charge is 2.43. The molecule has 0 aliphatic carbocycles. The SMILES string of the molecule is O=c1ccc2ccc(NC3C(O)OC(CO)[C@@H](O)[C@@H]3O)cc2[nH]1. The lowest BCUT2D eigenvalue weighted by Gasteiger charge is -2.40. The van der Waals surface area contributed by atoms with Crippen LogP contribution in [0.25, 0.3) is 10.9 Å². The van der Waals surface area contributed by atoms with E-state index in [-0.39, 0.29) is 5.56 Å². The maximum atomic E-state index is 11.4. The number of rotatable bonds is 3. The number of ether oxygens (including phenoxy) is 1. The molecular formula is C15H18N2O6. The van der Waals surface area contributed by atoms with E-state index in [1.807, 2.05) is 0 Å². The number of benzene rings is 1. The van der Waals surface area contributed by atoms with Crippen molar-refractivity contribution in [1.82, 2.24) is 4.98 Å². The van der Waals surface area contributed by atoms with E-state index in [1.165, 1.54) is 6.07 Å². The Morgan fingerprint density at radius 1 is 1.13 bits per heavy atom. The summed E-state index contributed by atoms with van der Waals surface area (Å²) in [6.07, 6.45) is -5.12. The van der Waals surface area contributed by atoms with Gasteiger partial charge in [0, 0.05) is 11.8 Å². The molecule has 1 saturated heterocycles. The Kier molecular flexibility index (Phi) is 4.33. The summed E-state index contributed by atoms with van der Waals surface area (Å²) in [4.78, 5) is 14.0. The molecule has 0 saturated carbocycles. The monoisotopic (exact) mass is 322 g/mol. The quantitative estimate of drug-likeness (QED) is 0.415. The zero-order valence-corrected chi connectivity index (χ0v) is 12.1. The van der Waals surface area contributed by atoms with Gasteiger partial charge in [-0.05, 0) is 23.6 Å². The molecule has 5 atom stereocenters. The number of H-pyrrole nitrogens is 1. The number of aromatic nitrogens is 1. The Labute approximate surface area is 131 Å². The van der Waals surface area contributed by atoms with Gasteiger partial charge in [0.1, 0.15) is 24.4 Å². The van der Waals surface area contributed by atoms with Gasteiger partial charge in [0.15, 0.2) is 6.29 Å². The lowest BCUT2D eigenvalue weighted by Crippen LogP contribution is -2.61. The molecule has 0 amide bonds. The fourth-order valence-electron chi connectivity index (χ4n) is 2.68. The summed E-state index contributed by atoms with van der Waals surface area (Å²) >= 11 is 0. The summed E-state index contributed by atoms with van der Waals surface area (Å²) < 4.78 is 5.08. The van der Waals surface area contributed by atoms with Crippen LogP contribution in [0.5, 0.6) is 0 Å². The van der Waals surface area contributed by atoms with Crippen LogP contribution in [0.1, 0.15) is 0 Å². The van der Waals surface area contributed by atoms with E-state index in [0.29, 0.717) is 11.2 Å². The van der Waals surface area contributed by atoms with Crippen LogP contribution in [0, 0.1) is 0 Å². The molecule has 3 rings (SSSR count). The predicted octanol–water partition coefficient (Wildman–Crippen LogP) is -1.26. The van der Waals surface area contributed by atoms with Crippen molar-refractivity contribution in [3.05, 3.63) is 40.7 Å². The van der Waals surface area contributed by atoms with Crippen molar-refractivity contribution < 1.29 is 25.2 Å². The Morgan fingerprint density at radius 3 is 2.61 bits per heavy atom. The van der Waals surface area contributed by atoms with Gasteiger partial charge >= 0.3 is 0 Å². The van der Waals surface area contributed by atoms with E-state index in [0.717, 1.165) is 5.39 Å². The maximum absolute atomic E-state index is 11.4. The van der Waals surface area contributed by atoms with Gasteiger partial charge in [-0.25, -0.2) is 0 Å². The number of aliphatic hydroxyl groups is 4. The van der Waals surface area contributed by atoms with E-state index < -0.39 is 37.3 Å². The molecule has 3 unspecified atom stereocenters. The van der Waals surface area contributed by atoms with Crippen LogP contribution >= 0.6 is 0 Å². The van der Waals surface area contributed by atoms with Gasteiger partial charge in [-0.1, -0.05) is 6.07 Å². The van der Waals surface area contributed by atoms with Crippen molar-refractivity contribution in [1.29, 1.82) is 0 Å². The Morgan fingerprint density at radius 2 is 1.87 bits per heavy atom. The first-order chi connectivity index (χ1) is 11.0. The van der Waals surface area contributed by atoms with Crippen LogP contribution in [0.2, 0.25) is 0 Å². The minimum atomic E-state index is -1.41. The fraction of sp³-hybridized carbons (Fsp3) is 0.400. The molecule has 1 aliphatic rings. The third-order valence-corrected chi connectivity index (χ3v) is 3.96. The summed E-state index contributed by atoms with van der Waals surface area (Å²) in [7, 11) is 0. The smallest absolute Gasteiger partial charge is 0.248 e. The van der Waals surface area contributed by atoms with E-state index in [1.54, 1.807) is 24.3 Å². The number of hydrogen-bond acceptors (Lipinski definition) is 7. The van der Waals surface area contributed by atoms with Crippen LogP contribution in [-0.2, 0) is 4.74 Å². The molecule has 0 radical (unpaired) electrons. The zero-order chi connectivity index (χ0) is 16.6. The first-order valence-electron chi connectivity index (χ1n) is 7.20. The average molecular weight is 322 g/mol. The van der Waals surface area contributed by atoms with Crippen LogP contribution < -0.4 is 10.9 Å². The maximum Gasteiger partial charge on any atom is 0.248 e. The van der Waals surface area contributed by atoms with Crippen molar-refractivity contribution in [3.8, 4) is 0 Å². The molecule has 124 valence electrons. The molecule has 23 heavy (non-hydrogen) atoms. The number of nitrogens with one attached hydrogen (secondary N) is 2. The molecule has 8 nitrogen and oxygen atoms in total. The molecule has 1 aromatic carbocycles. The van der Waals surface area contributed by atoms with Crippen LogP contribution in [-0.4, -0.2) is 62.7 Å².